The molecule has 0 radical (unpaired) electrons. The van der Waals surface area contributed by atoms with Crippen molar-refractivity contribution < 1.29 is 5.11 Å². The molecule has 0 aliphatic rings. The lowest BCUT2D eigenvalue weighted by molar-refractivity contribution is 0.285. The van der Waals surface area contributed by atoms with Gasteiger partial charge in [0, 0.05) is 25.4 Å². The van der Waals surface area contributed by atoms with E-state index in [2.05, 4.69) is 43.0 Å². The monoisotopic (exact) mass is 235 g/mol. The molecule has 2 nitrogen and oxygen atoms in total. The average Bonchev–Trinajstić information content (AvgIpc) is 2.35. The Morgan fingerprint density at radius 2 is 1.65 bits per heavy atom. The molecule has 0 aliphatic heterocycles. The predicted octanol–water partition coefficient (Wildman–Crippen LogP) is 3.37. The lowest BCUT2D eigenvalue weighted by Gasteiger charge is -2.24. The second kappa shape index (κ2) is 8.13. The Morgan fingerprint density at radius 3 is 2.24 bits per heavy atom. The van der Waals surface area contributed by atoms with Crippen molar-refractivity contribution in [2.45, 2.75) is 39.5 Å². The zero-order chi connectivity index (χ0) is 12.5. The van der Waals surface area contributed by atoms with Gasteiger partial charge >= 0.3 is 0 Å². The van der Waals surface area contributed by atoms with E-state index >= 15 is 0 Å². The Hall–Kier alpha value is -1.02. The first-order valence-electron chi connectivity index (χ1n) is 6.70. The van der Waals surface area contributed by atoms with Crippen LogP contribution in [0.2, 0.25) is 0 Å². The topological polar surface area (TPSA) is 23.5 Å². The standard InChI is InChI=1S/C15H25NO/c1-3-4-11-16(12-5-6-13-17)15-9-7-14(2)8-10-15/h7-10,17H,3-6,11-13H2,1-2H3. The van der Waals surface area contributed by atoms with E-state index in [1.54, 1.807) is 0 Å². The Labute approximate surface area is 105 Å². The van der Waals surface area contributed by atoms with Crippen LogP contribution in [0, 0.1) is 6.92 Å². The molecule has 1 N–H and O–H groups in total. The van der Waals surface area contributed by atoms with Crippen molar-refractivity contribution in [3.05, 3.63) is 29.8 Å². The summed E-state index contributed by atoms with van der Waals surface area (Å²) in [6, 6.07) is 8.73. The highest BCUT2D eigenvalue weighted by atomic mass is 16.2. The van der Waals surface area contributed by atoms with Crippen LogP contribution in [0.5, 0.6) is 0 Å². The molecule has 1 aromatic carbocycles. The maximum absolute atomic E-state index is 8.84. The molecular formula is C15H25NO. The summed E-state index contributed by atoms with van der Waals surface area (Å²) in [7, 11) is 0. The van der Waals surface area contributed by atoms with Gasteiger partial charge in [-0.1, -0.05) is 31.0 Å². The van der Waals surface area contributed by atoms with Crippen molar-refractivity contribution >= 4 is 5.69 Å². The van der Waals surface area contributed by atoms with Gasteiger partial charge in [-0.05, 0) is 38.3 Å². The van der Waals surface area contributed by atoms with Crippen molar-refractivity contribution in [2.24, 2.45) is 0 Å². The molecule has 0 atom stereocenters. The van der Waals surface area contributed by atoms with E-state index in [1.807, 2.05) is 0 Å². The fourth-order valence-corrected chi connectivity index (χ4v) is 1.89. The summed E-state index contributed by atoms with van der Waals surface area (Å²) in [5.74, 6) is 0. The van der Waals surface area contributed by atoms with Gasteiger partial charge in [0.05, 0.1) is 0 Å². The van der Waals surface area contributed by atoms with Crippen LogP contribution in [0.1, 0.15) is 38.2 Å². The van der Waals surface area contributed by atoms with E-state index in [4.69, 9.17) is 5.11 Å². The minimum atomic E-state index is 0.301. The van der Waals surface area contributed by atoms with Crippen molar-refractivity contribution in [2.75, 3.05) is 24.6 Å². The van der Waals surface area contributed by atoms with E-state index < -0.39 is 0 Å². The van der Waals surface area contributed by atoms with Crippen molar-refractivity contribution in [3.63, 3.8) is 0 Å². The summed E-state index contributed by atoms with van der Waals surface area (Å²) in [6.07, 6.45) is 4.41. The highest BCUT2D eigenvalue weighted by Gasteiger charge is 2.05. The number of anilines is 1. The van der Waals surface area contributed by atoms with Crippen LogP contribution in [0.15, 0.2) is 24.3 Å². The van der Waals surface area contributed by atoms with Gasteiger partial charge in [-0.25, -0.2) is 0 Å². The van der Waals surface area contributed by atoms with Crippen LogP contribution < -0.4 is 4.90 Å². The molecule has 1 aromatic rings. The second-order valence-corrected chi connectivity index (χ2v) is 4.61. The summed E-state index contributed by atoms with van der Waals surface area (Å²) >= 11 is 0. The Balaban J connectivity index is 2.57. The van der Waals surface area contributed by atoms with E-state index in [9.17, 15) is 0 Å². The van der Waals surface area contributed by atoms with Gasteiger partial charge in [-0.15, -0.1) is 0 Å². The van der Waals surface area contributed by atoms with Crippen molar-refractivity contribution in [3.8, 4) is 0 Å². The Bertz CT molecular complexity index is 294. The first kappa shape index (κ1) is 14.0. The van der Waals surface area contributed by atoms with Gasteiger partial charge in [-0.3, -0.25) is 0 Å². The lowest BCUT2D eigenvalue weighted by atomic mass is 10.2. The largest absolute Gasteiger partial charge is 0.396 e. The van der Waals surface area contributed by atoms with Gasteiger partial charge in [0.25, 0.3) is 0 Å². The first-order chi connectivity index (χ1) is 8.27. The van der Waals surface area contributed by atoms with Crippen LogP contribution >= 0.6 is 0 Å². The molecule has 0 bridgehead atoms. The van der Waals surface area contributed by atoms with Gasteiger partial charge in [0.1, 0.15) is 0 Å². The first-order valence-corrected chi connectivity index (χ1v) is 6.70. The molecule has 0 heterocycles. The molecule has 96 valence electrons. The molecular weight excluding hydrogens is 210 g/mol. The molecule has 0 spiro atoms. The summed E-state index contributed by atoms with van der Waals surface area (Å²) in [5, 5.41) is 8.84. The molecule has 0 saturated carbocycles. The average molecular weight is 235 g/mol. The van der Waals surface area contributed by atoms with Crippen LogP contribution in [0.4, 0.5) is 5.69 Å². The molecule has 17 heavy (non-hydrogen) atoms. The van der Waals surface area contributed by atoms with Crippen LogP contribution in [-0.2, 0) is 0 Å². The normalized spacial score (nSPS) is 10.5. The molecule has 0 unspecified atom stereocenters. The summed E-state index contributed by atoms with van der Waals surface area (Å²) in [5.41, 5.74) is 2.61. The van der Waals surface area contributed by atoms with Gasteiger partial charge in [0.2, 0.25) is 0 Å². The number of unbranched alkanes of at least 4 members (excludes halogenated alkanes) is 2. The molecule has 0 fully saturated rings. The molecule has 0 saturated heterocycles. The number of hydrogen-bond acceptors (Lipinski definition) is 2. The quantitative estimate of drug-likeness (QED) is 0.698. The van der Waals surface area contributed by atoms with Crippen LogP contribution in [0.25, 0.3) is 0 Å². The van der Waals surface area contributed by atoms with E-state index in [0.29, 0.717) is 6.61 Å². The summed E-state index contributed by atoms with van der Waals surface area (Å²) < 4.78 is 0. The predicted molar refractivity (Wildman–Crippen MR) is 74.6 cm³/mol. The fourth-order valence-electron chi connectivity index (χ4n) is 1.89. The highest BCUT2D eigenvalue weighted by molar-refractivity contribution is 5.47. The van der Waals surface area contributed by atoms with E-state index in [0.717, 1.165) is 25.9 Å². The third-order valence-corrected chi connectivity index (χ3v) is 3.02. The summed E-state index contributed by atoms with van der Waals surface area (Å²) in [6.45, 7) is 6.80. The van der Waals surface area contributed by atoms with Crippen molar-refractivity contribution in [1.82, 2.24) is 0 Å². The lowest BCUT2D eigenvalue weighted by Crippen LogP contribution is -2.25. The van der Waals surface area contributed by atoms with E-state index in [-0.39, 0.29) is 0 Å². The maximum Gasteiger partial charge on any atom is 0.0431 e. The number of benzene rings is 1. The minimum absolute atomic E-state index is 0.301. The third kappa shape index (κ3) is 5.22. The maximum atomic E-state index is 8.84. The number of hydrogen-bond donors (Lipinski definition) is 1. The molecule has 2 heteroatoms. The van der Waals surface area contributed by atoms with Crippen molar-refractivity contribution in [1.29, 1.82) is 0 Å². The smallest absolute Gasteiger partial charge is 0.0431 e. The SMILES string of the molecule is CCCCN(CCCCO)c1ccc(C)cc1. The molecule has 0 aromatic heterocycles. The minimum Gasteiger partial charge on any atom is -0.396 e. The number of aliphatic hydroxyl groups is 1. The molecule has 1 rings (SSSR count). The second-order valence-electron chi connectivity index (χ2n) is 4.61. The highest BCUT2D eigenvalue weighted by Crippen LogP contribution is 2.16. The third-order valence-electron chi connectivity index (χ3n) is 3.02. The van der Waals surface area contributed by atoms with E-state index in [1.165, 1.54) is 24.1 Å². The van der Waals surface area contributed by atoms with Crippen LogP contribution in [-0.4, -0.2) is 24.8 Å². The van der Waals surface area contributed by atoms with Gasteiger partial charge in [0.15, 0.2) is 0 Å². The zero-order valence-electron chi connectivity index (χ0n) is 11.2. The fraction of sp³-hybridized carbons (Fsp3) is 0.600. The number of nitrogens with zero attached hydrogens (tertiary/aromatic N) is 1. The van der Waals surface area contributed by atoms with Gasteiger partial charge in [-0.2, -0.15) is 0 Å². The number of aryl methyl sites for hydroxylation is 1. The number of rotatable bonds is 8. The Kier molecular flexibility index (Phi) is 6.71. The number of aliphatic hydroxyl groups excluding tert-OH is 1. The molecule has 0 amide bonds. The molecule has 0 aliphatic carbocycles. The zero-order valence-corrected chi connectivity index (χ0v) is 11.2. The Morgan fingerprint density at radius 1 is 1.00 bits per heavy atom. The summed E-state index contributed by atoms with van der Waals surface area (Å²) in [4.78, 5) is 2.43. The van der Waals surface area contributed by atoms with Gasteiger partial charge < -0.3 is 10.0 Å². The van der Waals surface area contributed by atoms with Crippen LogP contribution in [0.3, 0.4) is 0 Å².